The number of carboxylic acids is 1. The normalized spacial score (nSPS) is 22.8. The van der Waals surface area contributed by atoms with E-state index < -0.39 is 5.97 Å². The number of rotatable bonds is 5. The maximum absolute atomic E-state index is 11.3. The fraction of sp³-hybridized carbons (Fsp3) is 0.227. The lowest BCUT2D eigenvalue weighted by atomic mass is 9.76. The van der Waals surface area contributed by atoms with Gasteiger partial charge in [-0.1, -0.05) is 36.9 Å². The highest BCUT2D eigenvalue weighted by molar-refractivity contribution is 5.89. The molecule has 1 aliphatic heterocycles. The molecule has 0 radical (unpaired) electrons. The van der Waals surface area contributed by atoms with E-state index in [0.717, 1.165) is 23.4 Å². The van der Waals surface area contributed by atoms with Crippen molar-refractivity contribution in [2.75, 3.05) is 11.9 Å². The monoisotopic (exact) mass is 347 g/mol. The van der Waals surface area contributed by atoms with Gasteiger partial charge in [0, 0.05) is 11.6 Å². The van der Waals surface area contributed by atoms with Crippen molar-refractivity contribution < 1.29 is 14.6 Å². The summed E-state index contributed by atoms with van der Waals surface area (Å²) in [4.78, 5) is 11.3. The molecule has 2 N–H and O–H groups in total. The van der Waals surface area contributed by atoms with Gasteiger partial charge in [-0.15, -0.1) is 0 Å². The topological polar surface area (TPSA) is 58.6 Å². The zero-order chi connectivity index (χ0) is 18.1. The van der Waals surface area contributed by atoms with Crippen molar-refractivity contribution in [3.8, 4) is 5.75 Å². The van der Waals surface area contributed by atoms with Gasteiger partial charge >= 0.3 is 5.97 Å². The maximum Gasteiger partial charge on any atom is 0.335 e. The first-order chi connectivity index (χ1) is 12.7. The molecular weight excluding hydrogens is 326 g/mol. The van der Waals surface area contributed by atoms with Gasteiger partial charge in [-0.2, -0.15) is 0 Å². The summed E-state index contributed by atoms with van der Waals surface area (Å²) in [5.41, 5.74) is 3.64. The summed E-state index contributed by atoms with van der Waals surface area (Å²) >= 11 is 0. The number of fused-ring (bicyclic) bond motifs is 3. The van der Waals surface area contributed by atoms with Crippen LogP contribution in [-0.2, 0) is 0 Å². The van der Waals surface area contributed by atoms with Crippen molar-refractivity contribution in [3.05, 3.63) is 84.0 Å². The van der Waals surface area contributed by atoms with Gasteiger partial charge in [0.2, 0.25) is 0 Å². The van der Waals surface area contributed by atoms with Crippen LogP contribution in [0.5, 0.6) is 5.75 Å². The molecular formula is C22H21NO3. The van der Waals surface area contributed by atoms with E-state index in [4.69, 9.17) is 4.74 Å². The molecule has 2 aliphatic rings. The third-order valence-corrected chi connectivity index (χ3v) is 5.22. The Hall–Kier alpha value is -3.01. The summed E-state index contributed by atoms with van der Waals surface area (Å²) in [5, 5.41) is 12.9. The van der Waals surface area contributed by atoms with Crippen LogP contribution < -0.4 is 10.1 Å². The molecule has 0 aromatic heterocycles. The summed E-state index contributed by atoms with van der Waals surface area (Å²) in [6.07, 6.45) is 7.13. The second kappa shape index (κ2) is 6.71. The number of hydrogen-bond acceptors (Lipinski definition) is 3. The lowest BCUT2D eigenvalue weighted by Crippen LogP contribution is -2.29. The van der Waals surface area contributed by atoms with E-state index in [1.54, 1.807) is 18.2 Å². The first kappa shape index (κ1) is 16.5. The Morgan fingerprint density at radius 3 is 2.81 bits per heavy atom. The number of nitrogens with one attached hydrogen (secondary N) is 1. The number of anilines is 1. The molecule has 4 heteroatoms. The zero-order valence-corrected chi connectivity index (χ0v) is 14.4. The minimum Gasteiger partial charge on any atom is -0.490 e. The number of allylic oxidation sites excluding steroid dienone is 2. The maximum atomic E-state index is 11.3. The number of carboxylic acid groups (broad SMARTS) is 1. The van der Waals surface area contributed by atoms with E-state index >= 15 is 0 Å². The van der Waals surface area contributed by atoms with Gasteiger partial charge in [-0.25, -0.2) is 4.79 Å². The van der Waals surface area contributed by atoms with Gasteiger partial charge < -0.3 is 15.2 Å². The fourth-order valence-corrected chi connectivity index (χ4v) is 3.98. The van der Waals surface area contributed by atoms with E-state index in [1.165, 1.54) is 5.56 Å². The zero-order valence-electron chi connectivity index (χ0n) is 14.4. The molecule has 1 heterocycles. The molecule has 0 saturated carbocycles. The third kappa shape index (κ3) is 2.88. The molecule has 2 aromatic rings. The summed E-state index contributed by atoms with van der Waals surface area (Å²) in [7, 11) is 0. The highest BCUT2D eigenvalue weighted by Crippen LogP contribution is 2.50. The predicted molar refractivity (Wildman–Crippen MR) is 102 cm³/mol. The molecule has 0 saturated heterocycles. The first-order valence-electron chi connectivity index (χ1n) is 8.81. The average molecular weight is 347 g/mol. The van der Waals surface area contributed by atoms with Crippen molar-refractivity contribution in [3.63, 3.8) is 0 Å². The van der Waals surface area contributed by atoms with Crippen LogP contribution in [0.25, 0.3) is 0 Å². The van der Waals surface area contributed by atoms with Gasteiger partial charge in [0.25, 0.3) is 0 Å². The number of ether oxygens (including phenoxy) is 1. The molecule has 132 valence electrons. The number of benzene rings is 2. The van der Waals surface area contributed by atoms with Gasteiger partial charge in [0.1, 0.15) is 12.4 Å². The number of carbonyl (C=O) groups is 1. The van der Waals surface area contributed by atoms with Crippen molar-refractivity contribution >= 4 is 11.7 Å². The molecule has 3 atom stereocenters. The highest BCUT2D eigenvalue weighted by Gasteiger charge is 2.38. The van der Waals surface area contributed by atoms with Crippen LogP contribution in [-0.4, -0.2) is 17.7 Å². The van der Waals surface area contributed by atoms with Gasteiger partial charge in [-0.05, 0) is 53.8 Å². The number of hydrogen-bond donors (Lipinski definition) is 2. The van der Waals surface area contributed by atoms with Gasteiger partial charge in [0.15, 0.2) is 0 Å². The molecule has 2 aromatic carbocycles. The summed E-state index contributed by atoms with van der Waals surface area (Å²) < 4.78 is 5.57. The largest absolute Gasteiger partial charge is 0.490 e. The second-order valence-corrected chi connectivity index (χ2v) is 6.75. The van der Waals surface area contributed by atoms with E-state index in [-0.39, 0.29) is 12.0 Å². The summed E-state index contributed by atoms with van der Waals surface area (Å²) in [6, 6.07) is 13.7. The SMILES string of the molecule is C=CCOc1ccc(C2Nc3ccc(C(=O)O)cc3C3C=CCC32)cc1. The van der Waals surface area contributed by atoms with Crippen molar-refractivity contribution in [1.82, 2.24) is 0 Å². The van der Waals surface area contributed by atoms with Crippen LogP contribution in [0.4, 0.5) is 5.69 Å². The Morgan fingerprint density at radius 1 is 1.27 bits per heavy atom. The van der Waals surface area contributed by atoms with Gasteiger partial charge in [-0.3, -0.25) is 0 Å². The fourth-order valence-electron chi connectivity index (χ4n) is 3.98. The Labute approximate surface area is 152 Å². The second-order valence-electron chi connectivity index (χ2n) is 6.75. The van der Waals surface area contributed by atoms with E-state index in [9.17, 15) is 9.90 Å². The predicted octanol–water partition coefficient (Wildman–Crippen LogP) is 4.78. The van der Waals surface area contributed by atoms with Crippen LogP contribution in [0.15, 0.2) is 67.3 Å². The molecule has 0 fully saturated rings. The minimum absolute atomic E-state index is 0.187. The lowest BCUT2D eigenvalue weighted by molar-refractivity contribution is 0.0696. The van der Waals surface area contributed by atoms with Crippen molar-refractivity contribution in [1.29, 1.82) is 0 Å². The molecule has 26 heavy (non-hydrogen) atoms. The molecule has 0 bridgehead atoms. The molecule has 4 rings (SSSR count). The Bertz CT molecular complexity index is 869. The van der Waals surface area contributed by atoms with E-state index in [0.29, 0.717) is 18.1 Å². The Morgan fingerprint density at radius 2 is 2.08 bits per heavy atom. The average Bonchev–Trinajstić information content (AvgIpc) is 3.16. The van der Waals surface area contributed by atoms with Crippen LogP contribution in [0, 0.1) is 5.92 Å². The highest BCUT2D eigenvalue weighted by atomic mass is 16.5. The lowest BCUT2D eigenvalue weighted by Gasteiger charge is -2.37. The third-order valence-electron chi connectivity index (χ3n) is 5.22. The Kier molecular flexibility index (Phi) is 4.25. The molecule has 3 unspecified atom stereocenters. The first-order valence-corrected chi connectivity index (χ1v) is 8.81. The van der Waals surface area contributed by atoms with E-state index in [2.05, 4.69) is 36.2 Å². The quantitative estimate of drug-likeness (QED) is 0.765. The smallest absolute Gasteiger partial charge is 0.335 e. The molecule has 1 aliphatic carbocycles. The van der Waals surface area contributed by atoms with Crippen LogP contribution in [0.2, 0.25) is 0 Å². The molecule has 0 spiro atoms. The van der Waals surface area contributed by atoms with Crippen molar-refractivity contribution in [2.45, 2.75) is 18.4 Å². The Balaban J connectivity index is 1.65. The minimum atomic E-state index is -0.886. The van der Waals surface area contributed by atoms with E-state index in [1.807, 2.05) is 18.2 Å². The van der Waals surface area contributed by atoms with Crippen LogP contribution >= 0.6 is 0 Å². The molecule has 4 nitrogen and oxygen atoms in total. The van der Waals surface area contributed by atoms with Crippen molar-refractivity contribution in [2.24, 2.45) is 5.92 Å². The molecule has 0 amide bonds. The van der Waals surface area contributed by atoms with Crippen LogP contribution in [0.3, 0.4) is 0 Å². The number of aromatic carboxylic acids is 1. The van der Waals surface area contributed by atoms with Gasteiger partial charge in [0.05, 0.1) is 11.6 Å². The summed E-state index contributed by atoms with van der Waals surface area (Å²) in [5.74, 6) is 0.569. The summed E-state index contributed by atoms with van der Waals surface area (Å²) in [6.45, 7) is 4.16. The standard InChI is InChI=1S/C22H21NO3/c1-2-12-26-16-9-6-14(7-10-16)21-18-5-3-4-17(18)19-13-15(22(24)25)8-11-20(19)23-21/h2-4,6-11,13,17-18,21,23H,1,5,12H2,(H,24,25). The van der Waals surface area contributed by atoms with Crippen LogP contribution in [0.1, 0.15) is 39.9 Å².